The first-order valence-electron chi connectivity index (χ1n) is 8.82. The predicted octanol–water partition coefficient (Wildman–Crippen LogP) is 2.47. The van der Waals surface area contributed by atoms with E-state index >= 15 is 0 Å². The molecule has 0 spiro atoms. The Kier molecular flexibility index (Phi) is 5.77. The topological polar surface area (TPSA) is 44.3 Å². The molecule has 0 aromatic carbocycles. The fraction of sp³-hybridized carbons (Fsp3) is 0.474. The highest BCUT2D eigenvalue weighted by molar-refractivity contribution is 5.41. The second-order valence-corrected chi connectivity index (χ2v) is 6.33. The standard InChI is InChI=1S/C19H27N5/c1-3-23-9-11-24(12-10-23)19-13-17(6-8-21-19)14-22-16(2)18-5-4-7-20-15-18/h4-8,13,15-16,22H,3,9-12,14H2,1-2H3/t16-/m0/s1. The maximum Gasteiger partial charge on any atom is 0.128 e. The number of likely N-dealkylation sites (N-methyl/N-ethyl adjacent to an activating group) is 1. The van der Waals surface area contributed by atoms with Gasteiger partial charge in [0.2, 0.25) is 0 Å². The van der Waals surface area contributed by atoms with Gasteiger partial charge in [-0.1, -0.05) is 13.0 Å². The first-order valence-corrected chi connectivity index (χ1v) is 8.82. The summed E-state index contributed by atoms with van der Waals surface area (Å²) in [6.07, 6.45) is 5.65. The van der Waals surface area contributed by atoms with Crippen LogP contribution in [0, 0.1) is 0 Å². The lowest BCUT2D eigenvalue weighted by Crippen LogP contribution is -2.46. The van der Waals surface area contributed by atoms with Crippen molar-refractivity contribution < 1.29 is 0 Å². The Morgan fingerprint density at radius 2 is 2.00 bits per heavy atom. The lowest BCUT2D eigenvalue weighted by molar-refractivity contribution is 0.270. The smallest absolute Gasteiger partial charge is 0.128 e. The summed E-state index contributed by atoms with van der Waals surface area (Å²) in [5, 5.41) is 3.57. The van der Waals surface area contributed by atoms with Gasteiger partial charge >= 0.3 is 0 Å². The molecule has 1 saturated heterocycles. The Morgan fingerprint density at radius 1 is 1.17 bits per heavy atom. The average Bonchev–Trinajstić information content (AvgIpc) is 2.67. The van der Waals surface area contributed by atoms with Crippen molar-refractivity contribution in [2.75, 3.05) is 37.6 Å². The number of nitrogens with one attached hydrogen (secondary N) is 1. The van der Waals surface area contributed by atoms with Crippen molar-refractivity contribution in [2.45, 2.75) is 26.4 Å². The molecule has 5 nitrogen and oxygen atoms in total. The van der Waals surface area contributed by atoms with Gasteiger partial charge in [-0.25, -0.2) is 4.98 Å². The van der Waals surface area contributed by atoms with E-state index in [9.17, 15) is 0 Å². The van der Waals surface area contributed by atoms with Crippen molar-refractivity contribution in [2.24, 2.45) is 0 Å². The van der Waals surface area contributed by atoms with Gasteiger partial charge in [-0.3, -0.25) is 4.98 Å². The second-order valence-electron chi connectivity index (χ2n) is 6.33. The average molecular weight is 325 g/mol. The third-order valence-electron chi connectivity index (χ3n) is 4.75. The molecule has 1 aliphatic heterocycles. The van der Waals surface area contributed by atoms with Crippen LogP contribution < -0.4 is 10.2 Å². The molecule has 3 rings (SSSR count). The molecule has 0 amide bonds. The zero-order valence-electron chi connectivity index (χ0n) is 14.7. The Morgan fingerprint density at radius 3 is 2.71 bits per heavy atom. The summed E-state index contributed by atoms with van der Waals surface area (Å²) in [5.74, 6) is 1.10. The fourth-order valence-corrected chi connectivity index (χ4v) is 3.06. The van der Waals surface area contributed by atoms with E-state index in [0.717, 1.165) is 45.1 Å². The summed E-state index contributed by atoms with van der Waals surface area (Å²) in [6, 6.07) is 8.67. The summed E-state index contributed by atoms with van der Waals surface area (Å²) in [5.41, 5.74) is 2.48. The van der Waals surface area contributed by atoms with Gasteiger partial charge in [0.1, 0.15) is 5.82 Å². The van der Waals surface area contributed by atoms with Gasteiger partial charge < -0.3 is 15.1 Å². The van der Waals surface area contributed by atoms with Gasteiger partial charge in [-0.05, 0) is 42.8 Å². The SMILES string of the molecule is CCN1CCN(c2cc(CN[C@@H](C)c3cccnc3)ccn2)CC1. The molecule has 1 N–H and O–H groups in total. The number of rotatable bonds is 6. The lowest BCUT2D eigenvalue weighted by atomic mass is 10.1. The van der Waals surface area contributed by atoms with E-state index in [-0.39, 0.29) is 6.04 Å². The fourth-order valence-electron chi connectivity index (χ4n) is 3.06. The molecule has 1 fully saturated rings. The lowest BCUT2D eigenvalue weighted by Gasteiger charge is -2.34. The summed E-state index contributed by atoms with van der Waals surface area (Å²) in [7, 11) is 0. The maximum absolute atomic E-state index is 4.57. The summed E-state index contributed by atoms with van der Waals surface area (Å²) in [4.78, 5) is 13.6. The highest BCUT2D eigenvalue weighted by Crippen LogP contribution is 2.16. The van der Waals surface area contributed by atoms with Crippen LogP contribution in [0.2, 0.25) is 0 Å². The van der Waals surface area contributed by atoms with Crippen molar-refractivity contribution >= 4 is 5.82 Å². The summed E-state index contributed by atoms with van der Waals surface area (Å²) < 4.78 is 0. The summed E-state index contributed by atoms with van der Waals surface area (Å²) in [6.45, 7) is 10.7. The molecule has 3 heterocycles. The molecule has 1 aliphatic rings. The number of piperazine rings is 1. The molecule has 128 valence electrons. The molecule has 5 heteroatoms. The van der Waals surface area contributed by atoms with E-state index in [1.807, 2.05) is 24.7 Å². The number of nitrogens with zero attached hydrogens (tertiary/aromatic N) is 4. The largest absolute Gasteiger partial charge is 0.354 e. The first-order chi connectivity index (χ1) is 11.8. The Bertz CT molecular complexity index is 623. The number of hydrogen-bond donors (Lipinski definition) is 1. The first kappa shape index (κ1) is 16.9. The quantitative estimate of drug-likeness (QED) is 0.884. The molecule has 0 bridgehead atoms. The molecule has 0 saturated carbocycles. The highest BCUT2D eigenvalue weighted by atomic mass is 15.3. The van der Waals surface area contributed by atoms with Crippen LogP contribution in [0.25, 0.3) is 0 Å². The van der Waals surface area contributed by atoms with Gasteiger partial charge in [0.05, 0.1) is 0 Å². The van der Waals surface area contributed by atoms with Crippen LogP contribution in [-0.2, 0) is 6.54 Å². The van der Waals surface area contributed by atoms with Crippen molar-refractivity contribution in [3.63, 3.8) is 0 Å². The molecule has 24 heavy (non-hydrogen) atoms. The minimum absolute atomic E-state index is 0.281. The number of anilines is 1. The second kappa shape index (κ2) is 8.22. The highest BCUT2D eigenvalue weighted by Gasteiger charge is 2.16. The van der Waals surface area contributed by atoms with E-state index in [1.165, 1.54) is 11.1 Å². The number of pyridine rings is 2. The molecule has 0 radical (unpaired) electrons. The minimum atomic E-state index is 0.281. The van der Waals surface area contributed by atoms with Crippen LogP contribution >= 0.6 is 0 Å². The van der Waals surface area contributed by atoms with Gasteiger partial charge in [-0.2, -0.15) is 0 Å². The van der Waals surface area contributed by atoms with Crippen molar-refractivity contribution in [3.05, 3.63) is 54.0 Å². The maximum atomic E-state index is 4.57. The molecule has 0 unspecified atom stereocenters. The Balaban J connectivity index is 1.57. The van der Waals surface area contributed by atoms with Gasteiger partial charge in [0, 0.05) is 57.4 Å². The number of hydrogen-bond acceptors (Lipinski definition) is 5. The van der Waals surface area contributed by atoms with Crippen LogP contribution in [0.15, 0.2) is 42.9 Å². The van der Waals surface area contributed by atoms with Gasteiger partial charge in [-0.15, -0.1) is 0 Å². The van der Waals surface area contributed by atoms with Crippen LogP contribution in [0.1, 0.15) is 31.0 Å². The Labute approximate surface area is 144 Å². The van der Waals surface area contributed by atoms with E-state index in [1.54, 1.807) is 0 Å². The van der Waals surface area contributed by atoms with Crippen LogP contribution in [0.3, 0.4) is 0 Å². The normalized spacial score (nSPS) is 17.0. The van der Waals surface area contributed by atoms with Gasteiger partial charge in [0.25, 0.3) is 0 Å². The van der Waals surface area contributed by atoms with Crippen molar-refractivity contribution in [3.8, 4) is 0 Å². The van der Waals surface area contributed by atoms with E-state index in [0.29, 0.717) is 0 Å². The van der Waals surface area contributed by atoms with E-state index in [2.05, 4.69) is 57.1 Å². The zero-order chi connectivity index (χ0) is 16.8. The van der Waals surface area contributed by atoms with Crippen LogP contribution in [0.5, 0.6) is 0 Å². The molecule has 2 aromatic heterocycles. The van der Waals surface area contributed by atoms with E-state index < -0.39 is 0 Å². The van der Waals surface area contributed by atoms with Gasteiger partial charge in [0.15, 0.2) is 0 Å². The van der Waals surface area contributed by atoms with Crippen molar-refractivity contribution in [1.29, 1.82) is 0 Å². The molecule has 2 aromatic rings. The molecule has 1 atom stereocenters. The van der Waals surface area contributed by atoms with Crippen LogP contribution in [0.4, 0.5) is 5.82 Å². The summed E-state index contributed by atoms with van der Waals surface area (Å²) >= 11 is 0. The minimum Gasteiger partial charge on any atom is -0.354 e. The predicted molar refractivity (Wildman–Crippen MR) is 98.1 cm³/mol. The number of aromatic nitrogens is 2. The third kappa shape index (κ3) is 4.30. The Hall–Kier alpha value is -1.98. The molecular weight excluding hydrogens is 298 g/mol. The van der Waals surface area contributed by atoms with Crippen molar-refractivity contribution in [1.82, 2.24) is 20.2 Å². The molecular formula is C19H27N5. The third-order valence-corrected chi connectivity index (χ3v) is 4.75. The molecule has 0 aliphatic carbocycles. The van der Waals surface area contributed by atoms with Crippen LogP contribution in [-0.4, -0.2) is 47.6 Å². The monoisotopic (exact) mass is 325 g/mol. The zero-order valence-corrected chi connectivity index (χ0v) is 14.7. The van der Waals surface area contributed by atoms with E-state index in [4.69, 9.17) is 0 Å².